The van der Waals surface area contributed by atoms with Crippen LogP contribution in [0, 0.1) is 10.1 Å². The third kappa shape index (κ3) is 6.93. The summed E-state index contributed by atoms with van der Waals surface area (Å²) in [6.07, 6.45) is 0.594. The van der Waals surface area contributed by atoms with E-state index in [1.807, 2.05) is 37.4 Å². The largest absolute Gasteiger partial charge is 0.478 e. The lowest BCUT2D eigenvalue weighted by molar-refractivity contribution is -0.384. The second kappa shape index (κ2) is 12.9. The van der Waals surface area contributed by atoms with Gasteiger partial charge in [-0.1, -0.05) is 42.5 Å². The minimum absolute atomic E-state index is 0. The number of rotatable bonds is 10. The smallest absolute Gasteiger partial charge is 0.336 e. The number of dihydropyridines is 1. The van der Waals surface area contributed by atoms with E-state index < -0.39 is 22.8 Å². The first-order valence-electron chi connectivity index (χ1n) is 11.2. The van der Waals surface area contributed by atoms with Gasteiger partial charge in [-0.05, 0) is 38.4 Å². The summed E-state index contributed by atoms with van der Waals surface area (Å²) < 4.78 is 5.53. The number of aliphatic carboxylic acids is 1. The van der Waals surface area contributed by atoms with Crippen LogP contribution >= 0.6 is 12.4 Å². The van der Waals surface area contributed by atoms with Gasteiger partial charge in [0.15, 0.2) is 0 Å². The number of hydrogen-bond donors (Lipinski definition) is 2. The molecule has 0 spiro atoms. The fraction of sp³-hybridized carbons (Fsp3) is 0.308. The maximum absolute atomic E-state index is 13.1. The minimum atomic E-state index is -1.22. The molecule has 10 heteroatoms. The van der Waals surface area contributed by atoms with Crippen molar-refractivity contribution in [1.82, 2.24) is 10.2 Å². The molecule has 1 atom stereocenters. The van der Waals surface area contributed by atoms with Crippen LogP contribution in [0.1, 0.15) is 37.3 Å². The first-order valence-corrected chi connectivity index (χ1v) is 11.2. The van der Waals surface area contributed by atoms with Gasteiger partial charge in [0.2, 0.25) is 0 Å². The van der Waals surface area contributed by atoms with Crippen LogP contribution in [0.3, 0.4) is 0 Å². The molecule has 0 radical (unpaired) electrons. The van der Waals surface area contributed by atoms with Gasteiger partial charge in [-0.15, -0.1) is 12.4 Å². The number of non-ortho nitro benzene ring substituents is 1. The van der Waals surface area contributed by atoms with E-state index in [4.69, 9.17) is 4.74 Å². The van der Waals surface area contributed by atoms with Crippen molar-refractivity contribution in [3.8, 4) is 0 Å². The number of ether oxygens (including phenoxy) is 1. The Balaban J connectivity index is 0.00000456. The summed E-state index contributed by atoms with van der Waals surface area (Å²) in [5, 5.41) is 24.1. The van der Waals surface area contributed by atoms with Crippen LogP contribution in [0.4, 0.5) is 5.69 Å². The minimum Gasteiger partial charge on any atom is -0.478 e. The van der Waals surface area contributed by atoms with Crippen molar-refractivity contribution in [3.63, 3.8) is 0 Å². The van der Waals surface area contributed by atoms with Crippen molar-refractivity contribution in [1.29, 1.82) is 0 Å². The van der Waals surface area contributed by atoms with Crippen molar-refractivity contribution < 1.29 is 24.4 Å². The zero-order valence-electron chi connectivity index (χ0n) is 20.4. The van der Waals surface area contributed by atoms with E-state index in [1.54, 1.807) is 19.9 Å². The Hall–Kier alpha value is -3.69. The highest BCUT2D eigenvalue weighted by Gasteiger charge is 2.37. The number of benzene rings is 2. The fourth-order valence-electron chi connectivity index (χ4n) is 4.25. The number of nitrogens with one attached hydrogen (secondary N) is 1. The van der Waals surface area contributed by atoms with E-state index in [2.05, 4.69) is 10.2 Å². The summed E-state index contributed by atoms with van der Waals surface area (Å²) in [5.41, 5.74) is 2.24. The number of nitrogens with zero attached hydrogens (tertiary/aromatic N) is 2. The van der Waals surface area contributed by atoms with Gasteiger partial charge in [-0.2, -0.15) is 0 Å². The van der Waals surface area contributed by atoms with Crippen LogP contribution in [-0.4, -0.2) is 47.1 Å². The Kier molecular flexibility index (Phi) is 10.2. The van der Waals surface area contributed by atoms with Gasteiger partial charge in [0.25, 0.3) is 5.69 Å². The van der Waals surface area contributed by atoms with Crippen LogP contribution in [0.15, 0.2) is 77.1 Å². The summed E-state index contributed by atoms with van der Waals surface area (Å²) in [6.45, 7) is 4.89. The lowest BCUT2D eigenvalue weighted by Gasteiger charge is -2.29. The highest BCUT2D eigenvalue weighted by Crippen LogP contribution is 2.39. The molecule has 0 bridgehead atoms. The van der Waals surface area contributed by atoms with E-state index in [0.717, 1.165) is 6.54 Å². The predicted octanol–water partition coefficient (Wildman–Crippen LogP) is 4.40. The Bertz CT molecular complexity index is 1180. The number of allylic oxidation sites excluding steroid dienone is 2. The van der Waals surface area contributed by atoms with E-state index in [0.29, 0.717) is 29.9 Å². The van der Waals surface area contributed by atoms with Crippen LogP contribution in [0.2, 0.25) is 0 Å². The van der Waals surface area contributed by atoms with Gasteiger partial charge < -0.3 is 20.1 Å². The Morgan fingerprint density at radius 1 is 1.08 bits per heavy atom. The molecule has 0 fully saturated rings. The number of carboxylic acid groups (broad SMARTS) is 1. The third-order valence-electron chi connectivity index (χ3n) is 5.84. The molecule has 0 saturated heterocycles. The standard InChI is InChI=1S/C26H29N3O6.ClH/c1-17-22(25(30)31)24(20-11-7-12-21(15-20)29(33)34)23(18(2)27-17)26(32)35-14-8-13-28(3)16-19-9-5-4-6-10-19;/h4-7,9-12,15,24,27H,8,13-14,16H2,1-3H3,(H,30,31);1H. The highest BCUT2D eigenvalue weighted by molar-refractivity contribution is 5.99. The topological polar surface area (TPSA) is 122 Å². The molecule has 1 unspecified atom stereocenters. The van der Waals surface area contributed by atoms with E-state index in [1.165, 1.54) is 23.8 Å². The van der Waals surface area contributed by atoms with E-state index in [9.17, 15) is 24.8 Å². The molecule has 1 aliphatic rings. The molecular weight excluding hydrogens is 486 g/mol. The molecule has 0 aliphatic carbocycles. The van der Waals surface area contributed by atoms with Crippen molar-refractivity contribution in [2.24, 2.45) is 0 Å². The first-order chi connectivity index (χ1) is 16.7. The van der Waals surface area contributed by atoms with Gasteiger partial charge in [0.05, 0.1) is 28.6 Å². The van der Waals surface area contributed by atoms with Crippen molar-refractivity contribution in [2.75, 3.05) is 20.2 Å². The Labute approximate surface area is 216 Å². The zero-order valence-corrected chi connectivity index (χ0v) is 21.2. The number of esters is 1. The number of carbonyl (C=O) groups excluding carboxylic acids is 1. The average Bonchev–Trinajstić information content (AvgIpc) is 2.81. The van der Waals surface area contributed by atoms with Gasteiger partial charge in [0, 0.05) is 36.6 Å². The maximum atomic E-state index is 13.1. The Morgan fingerprint density at radius 2 is 1.75 bits per heavy atom. The van der Waals surface area contributed by atoms with Crippen molar-refractivity contribution in [3.05, 3.63) is 98.4 Å². The predicted molar refractivity (Wildman–Crippen MR) is 138 cm³/mol. The normalized spacial score (nSPS) is 15.3. The first kappa shape index (κ1) is 28.5. The number of carboxylic acids is 1. The third-order valence-corrected chi connectivity index (χ3v) is 5.84. The SMILES string of the molecule is CC1=C(C(=O)O)C(c2cccc([N+](=O)[O-])c2)C(C(=O)OCCCN(C)Cc2ccccc2)=C(C)N1.Cl. The van der Waals surface area contributed by atoms with Gasteiger partial charge in [-0.25, -0.2) is 9.59 Å². The molecular formula is C26H30ClN3O6. The number of nitro groups is 1. The summed E-state index contributed by atoms with van der Waals surface area (Å²) in [4.78, 5) is 38.1. The second-order valence-electron chi connectivity index (χ2n) is 8.51. The van der Waals surface area contributed by atoms with Crippen LogP contribution in [0.5, 0.6) is 0 Å². The summed E-state index contributed by atoms with van der Waals surface area (Å²) in [6, 6.07) is 15.7. The number of halogens is 1. The van der Waals surface area contributed by atoms with E-state index >= 15 is 0 Å². The molecule has 2 aromatic rings. The summed E-state index contributed by atoms with van der Waals surface area (Å²) in [5.74, 6) is -2.86. The molecule has 36 heavy (non-hydrogen) atoms. The lowest BCUT2D eigenvalue weighted by Crippen LogP contribution is -2.32. The van der Waals surface area contributed by atoms with Crippen molar-refractivity contribution in [2.45, 2.75) is 32.7 Å². The monoisotopic (exact) mass is 515 g/mol. The molecule has 2 aromatic carbocycles. The molecule has 2 N–H and O–H groups in total. The van der Waals surface area contributed by atoms with Crippen molar-refractivity contribution >= 4 is 30.0 Å². The Morgan fingerprint density at radius 3 is 2.39 bits per heavy atom. The number of hydrogen-bond acceptors (Lipinski definition) is 7. The highest BCUT2D eigenvalue weighted by atomic mass is 35.5. The summed E-state index contributed by atoms with van der Waals surface area (Å²) in [7, 11) is 1.98. The average molecular weight is 516 g/mol. The second-order valence-corrected chi connectivity index (χ2v) is 8.51. The van der Waals surface area contributed by atoms with E-state index in [-0.39, 0.29) is 35.8 Å². The molecule has 0 aromatic heterocycles. The molecule has 0 amide bonds. The number of carbonyl (C=O) groups is 2. The fourth-order valence-corrected chi connectivity index (χ4v) is 4.25. The van der Waals surface area contributed by atoms with Crippen LogP contribution in [0.25, 0.3) is 0 Å². The molecule has 1 heterocycles. The van der Waals surface area contributed by atoms with Crippen LogP contribution in [-0.2, 0) is 20.9 Å². The molecule has 9 nitrogen and oxygen atoms in total. The maximum Gasteiger partial charge on any atom is 0.336 e. The van der Waals surface area contributed by atoms with Gasteiger partial charge in [0.1, 0.15) is 0 Å². The zero-order chi connectivity index (χ0) is 25.5. The van der Waals surface area contributed by atoms with Gasteiger partial charge in [-0.3, -0.25) is 10.1 Å². The molecule has 1 aliphatic heterocycles. The molecule has 0 saturated carbocycles. The molecule has 3 rings (SSSR count). The summed E-state index contributed by atoms with van der Waals surface area (Å²) >= 11 is 0. The number of nitro benzene ring substituents is 1. The van der Waals surface area contributed by atoms with Gasteiger partial charge >= 0.3 is 11.9 Å². The molecule has 192 valence electrons. The van der Waals surface area contributed by atoms with Crippen LogP contribution < -0.4 is 5.32 Å². The quantitative estimate of drug-likeness (QED) is 0.206. The lowest BCUT2D eigenvalue weighted by atomic mass is 9.80.